The Bertz CT molecular complexity index is 1210. The Morgan fingerprint density at radius 3 is 2.19 bits per heavy atom. The van der Waals surface area contributed by atoms with Gasteiger partial charge in [-0.25, -0.2) is 8.42 Å². The maximum atomic E-state index is 12.8. The first-order chi connectivity index (χ1) is 14.7. The van der Waals surface area contributed by atoms with Gasteiger partial charge in [0.15, 0.2) is 11.5 Å². The fraction of sp³-hybridized carbons (Fsp3) is 0.182. The summed E-state index contributed by atoms with van der Waals surface area (Å²) in [5, 5.41) is 2.80. The van der Waals surface area contributed by atoms with Crippen LogP contribution in [-0.2, 0) is 10.0 Å². The molecule has 2 aromatic carbocycles. The third-order valence-electron chi connectivity index (χ3n) is 4.40. The topological polar surface area (TPSA) is 107 Å². The predicted octanol–water partition coefficient (Wildman–Crippen LogP) is 3.77. The first kappa shape index (κ1) is 22.1. The van der Waals surface area contributed by atoms with Gasteiger partial charge in [-0.3, -0.25) is 14.5 Å². The number of sulfonamides is 1. The molecule has 0 bridgehead atoms. The molecule has 3 rings (SSSR count). The molecule has 1 amide bonds. The van der Waals surface area contributed by atoms with E-state index in [2.05, 4.69) is 15.0 Å². The molecule has 1 heterocycles. The number of amides is 1. The summed E-state index contributed by atoms with van der Waals surface area (Å²) >= 11 is 0. The van der Waals surface area contributed by atoms with Gasteiger partial charge >= 0.3 is 0 Å². The van der Waals surface area contributed by atoms with Crippen LogP contribution in [0.25, 0.3) is 0 Å². The number of nitrogens with zero attached hydrogens (tertiary/aromatic N) is 1. The molecule has 0 spiro atoms. The summed E-state index contributed by atoms with van der Waals surface area (Å²) in [6.07, 6.45) is 2.69. The highest BCUT2D eigenvalue weighted by atomic mass is 32.2. The highest BCUT2D eigenvalue weighted by Crippen LogP contribution is 2.30. The van der Waals surface area contributed by atoms with E-state index >= 15 is 0 Å². The first-order valence-corrected chi connectivity index (χ1v) is 10.8. The summed E-state index contributed by atoms with van der Waals surface area (Å²) in [6, 6.07) is 11.4. The number of rotatable bonds is 7. The average Bonchev–Trinajstić information content (AvgIpc) is 2.72. The lowest BCUT2D eigenvalue weighted by atomic mass is 10.1. The molecule has 0 aliphatic carbocycles. The number of ether oxygens (including phenoxy) is 2. The van der Waals surface area contributed by atoms with Crippen LogP contribution in [0.3, 0.4) is 0 Å². The van der Waals surface area contributed by atoms with Crippen molar-refractivity contribution in [1.82, 2.24) is 4.98 Å². The van der Waals surface area contributed by atoms with Gasteiger partial charge in [-0.05, 0) is 55.3 Å². The number of hydrogen-bond donors (Lipinski definition) is 2. The van der Waals surface area contributed by atoms with E-state index in [4.69, 9.17) is 9.47 Å². The normalized spacial score (nSPS) is 11.0. The Morgan fingerprint density at radius 2 is 1.55 bits per heavy atom. The van der Waals surface area contributed by atoms with E-state index in [1.165, 1.54) is 50.9 Å². The molecule has 0 aliphatic heterocycles. The fourth-order valence-corrected chi connectivity index (χ4v) is 4.12. The second-order valence-electron chi connectivity index (χ2n) is 6.92. The van der Waals surface area contributed by atoms with Crippen LogP contribution >= 0.6 is 0 Å². The van der Waals surface area contributed by atoms with Crippen LogP contribution < -0.4 is 19.5 Å². The molecule has 0 saturated carbocycles. The van der Waals surface area contributed by atoms with Crippen LogP contribution in [0, 0.1) is 13.8 Å². The van der Waals surface area contributed by atoms with Crippen molar-refractivity contribution in [2.75, 3.05) is 24.3 Å². The van der Waals surface area contributed by atoms with Gasteiger partial charge in [-0.2, -0.15) is 0 Å². The van der Waals surface area contributed by atoms with Crippen molar-refractivity contribution in [2.45, 2.75) is 18.7 Å². The van der Waals surface area contributed by atoms with Crippen molar-refractivity contribution >= 4 is 27.3 Å². The minimum atomic E-state index is -3.94. The number of aromatic nitrogens is 1. The van der Waals surface area contributed by atoms with Crippen LogP contribution in [0.4, 0.5) is 11.4 Å². The fourth-order valence-electron chi connectivity index (χ4n) is 3.07. The molecule has 0 saturated heterocycles. The van der Waals surface area contributed by atoms with Crippen molar-refractivity contribution in [3.63, 3.8) is 0 Å². The van der Waals surface area contributed by atoms with Crippen LogP contribution in [0.1, 0.15) is 21.5 Å². The van der Waals surface area contributed by atoms with E-state index in [9.17, 15) is 13.2 Å². The Labute approximate surface area is 181 Å². The third-order valence-corrected chi connectivity index (χ3v) is 5.78. The Kier molecular flexibility index (Phi) is 6.45. The maximum absolute atomic E-state index is 12.8. The number of benzene rings is 2. The highest BCUT2D eigenvalue weighted by Gasteiger charge is 2.18. The average molecular weight is 442 g/mol. The SMILES string of the molecule is COc1ccc(S(=O)(=O)Nc2cncc(C(=O)Nc3cc(C)cc(C)c3)c2)cc1OC. The Hall–Kier alpha value is -3.59. The Balaban J connectivity index is 1.82. The van der Waals surface area contributed by atoms with Gasteiger partial charge in [-0.1, -0.05) is 6.07 Å². The molecule has 3 aromatic rings. The van der Waals surface area contributed by atoms with Gasteiger partial charge in [0, 0.05) is 18.0 Å². The molecule has 0 atom stereocenters. The lowest BCUT2D eigenvalue weighted by Gasteiger charge is -2.12. The predicted molar refractivity (Wildman–Crippen MR) is 118 cm³/mol. The van der Waals surface area contributed by atoms with Crippen molar-refractivity contribution < 1.29 is 22.7 Å². The lowest BCUT2D eigenvalue weighted by molar-refractivity contribution is 0.102. The van der Waals surface area contributed by atoms with E-state index in [1.54, 1.807) is 0 Å². The van der Waals surface area contributed by atoms with Gasteiger partial charge in [0.1, 0.15) is 0 Å². The number of carbonyl (C=O) groups is 1. The van der Waals surface area contributed by atoms with Crippen molar-refractivity contribution in [2.24, 2.45) is 0 Å². The molecule has 31 heavy (non-hydrogen) atoms. The van der Waals surface area contributed by atoms with Crippen LogP contribution in [0.15, 0.2) is 59.8 Å². The smallest absolute Gasteiger partial charge is 0.262 e. The second-order valence-corrected chi connectivity index (χ2v) is 8.60. The summed E-state index contributed by atoms with van der Waals surface area (Å²) < 4.78 is 38.3. The number of methoxy groups -OCH3 is 2. The second kappa shape index (κ2) is 9.05. The van der Waals surface area contributed by atoms with E-state index in [0.717, 1.165) is 11.1 Å². The molecule has 2 N–H and O–H groups in total. The van der Waals surface area contributed by atoms with Crippen molar-refractivity contribution in [3.8, 4) is 11.5 Å². The molecule has 9 heteroatoms. The molecular formula is C22H23N3O5S. The zero-order valence-corrected chi connectivity index (χ0v) is 18.4. The number of nitrogens with one attached hydrogen (secondary N) is 2. The van der Waals surface area contributed by atoms with E-state index < -0.39 is 15.9 Å². The summed E-state index contributed by atoms with van der Waals surface area (Å²) in [4.78, 5) is 16.6. The number of carbonyl (C=O) groups excluding carboxylic acids is 1. The summed E-state index contributed by atoms with van der Waals surface area (Å²) in [5.74, 6) is 0.294. The standard InChI is InChI=1S/C22H23N3O5S/c1-14-7-15(2)9-17(8-14)24-22(26)16-10-18(13-23-12-16)25-31(27,28)19-5-6-20(29-3)21(11-19)30-4/h5-13,25H,1-4H3,(H,24,26). The van der Waals surface area contributed by atoms with Gasteiger partial charge in [-0.15, -0.1) is 0 Å². The summed E-state index contributed by atoms with van der Waals surface area (Å²) in [6.45, 7) is 3.88. The zero-order chi connectivity index (χ0) is 22.6. The first-order valence-electron chi connectivity index (χ1n) is 9.31. The van der Waals surface area contributed by atoms with Gasteiger partial charge < -0.3 is 14.8 Å². The lowest BCUT2D eigenvalue weighted by Crippen LogP contribution is -2.16. The zero-order valence-electron chi connectivity index (χ0n) is 17.6. The van der Waals surface area contributed by atoms with Crippen LogP contribution in [0.5, 0.6) is 11.5 Å². The molecule has 1 aromatic heterocycles. The number of hydrogen-bond acceptors (Lipinski definition) is 6. The molecule has 162 valence electrons. The Morgan fingerprint density at radius 1 is 0.871 bits per heavy atom. The van der Waals surface area contributed by atoms with Gasteiger partial charge in [0.05, 0.1) is 36.6 Å². The quantitative estimate of drug-likeness (QED) is 0.578. The number of pyridine rings is 1. The van der Waals surface area contributed by atoms with E-state index in [-0.39, 0.29) is 21.9 Å². The van der Waals surface area contributed by atoms with Gasteiger partial charge in [0.2, 0.25) is 0 Å². The van der Waals surface area contributed by atoms with Crippen LogP contribution in [-0.4, -0.2) is 33.5 Å². The monoisotopic (exact) mass is 441 g/mol. The molecule has 0 radical (unpaired) electrons. The summed E-state index contributed by atoms with van der Waals surface area (Å²) in [7, 11) is -1.06. The highest BCUT2D eigenvalue weighted by molar-refractivity contribution is 7.92. The van der Waals surface area contributed by atoms with Crippen molar-refractivity contribution in [3.05, 3.63) is 71.5 Å². The molecule has 0 unspecified atom stereocenters. The third kappa shape index (κ3) is 5.32. The van der Waals surface area contributed by atoms with Crippen molar-refractivity contribution in [1.29, 1.82) is 0 Å². The van der Waals surface area contributed by atoms with Crippen LogP contribution in [0.2, 0.25) is 0 Å². The molecule has 0 fully saturated rings. The maximum Gasteiger partial charge on any atom is 0.262 e. The molecular weight excluding hydrogens is 418 g/mol. The molecule has 0 aliphatic rings. The van der Waals surface area contributed by atoms with Gasteiger partial charge in [0.25, 0.3) is 15.9 Å². The van der Waals surface area contributed by atoms with E-state index in [1.807, 2.05) is 32.0 Å². The molecule has 8 nitrogen and oxygen atoms in total. The minimum Gasteiger partial charge on any atom is -0.493 e. The minimum absolute atomic E-state index is 0.0183. The van der Waals surface area contributed by atoms with E-state index in [0.29, 0.717) is 11.4 Å². The summed E-state index contributed by atoms with van der Waals surface area (Å²) in [5.41, 5.74) is 3.06. The number of anilines is 2. The number of aryl methyl sites for hydroxylation is 2. The largest absolute Gasteiger partial charge is 0.493 e.